The van der Waals surface area contributed by atoms with Crippen LogP contribution in [-0.4, -0.2) is 20.1 Å². The molecule has 0 spiro atoms. The van der Waals surface area contributed by atoms with E-state index in [0.717, 1.165) is 0 Å². The fraction of sp³-hybridized carbons (Fsp3) is 0.273. The number of aliphatic hydroxyl groups excluding tert-OH is 1. The molecule has 0 aliphatic heterocycles. The lowest BCUT2D eigenvalue weighted by molar-refractivity contribution is 0.276. The van der Waals surface area contributed by atoms with Crippen LogP contribution in [0.5, 0.6) is 0 Å². The number of rotatable bonds is 3. The molecule has 1 aromatic heterocycles. The first-order valence-corrected chi connectivity index (χ1v) is 4.84. The van der Waals surface area contributed by atoms with E-state index in [1.807, 2.05) is 12.1 Å². The Morgan fingerprint density at radius 2 is 2.13 bits per heavy atom. The van der Waals surface area contributed by atoms with Crippen LogP contribution >= 0.6 is 0 Å². The third-order valence-corrected chi connectivity index (χ3v) is 2.34. The van der Waals surface area contributed by atoms with Crippen molar-refractivity contribution >= 4 is 0 Å². The van der Waals surface area contributed by atoms with Crippen LogP contribution < -0.4 is 0 Å². The monoisotopic (exact) mass is 203 g/mol. The van der Waals surface area contributed by atoms with Crippen LogP contribution in [0.4, 0.5) is 0 Å². The number of aryl methyl sites for hydroxylation is 1. The van der Waals surface area contributed by atoms with E-state index in [4.69, 9.17) is 5.11 Å². The third-order valence-electron chi connectivity index (χ3n) is 2.34. The zero-order chi connectivity index (χ0) is 10.7. The maximum Gasteiger partial charge on any atom is 0.108 e. The zero-order valence-corrected chi connectivity index (χ0v) is 8.59. The molecule has 1 N–H and O–H groups in total. The van der Waals surface area contributed by atoms with E-state index in [-0.39, 0.29) is 6.61 Å². The molecule has 2 rings (SSSR count). The summed E-state index contributed by atoms with van der Waals surface area (Å²) in [6, 6.07) is 8.15. The maximum atomic E-state index is 8.86. The van der Waals surface area contributed by atoms with Gasteiger partial charge in [-0.25, -0.2) is 4.68 Å². The summed E-state index contributed by atoms with van der Waals surface area (Å²) < 4.78 is 1.73. The number of hydrogen-bond donors (Lipinski definition) is 1. The molecular weight excluding hydrogens is 190 g/mol. The normalized spacial score (nSPS) is 10.5. The molecule has 2 aromatic rings. The van der Waals surface area contributed by atoms with Gasteiger partial charge in [-0.05, 0) is 18.1 Å². The SMILES string of the molecule is Cc1ccccc1Cn1cc(CO)nn1. The Bertz CT molecular complexity index is 451. The molecule has 0 bridgehead atoms. The van der Waals surface area contributed by atoms with E-state index >= 15 is 0 Å². The summed E-state index contributed by atoms with van der Waals surface area (Å²) in [7, 11) is 0. The van der Waals surface area contributed by atoms with Crippen molar-refractivity contribution in [1.29, 1.82) is 0 Å². The van der Waals surface area contributed by atoms with Crippen LogP contribution in [0.2, 0.25) is 0 Å². The quantitative estimate of drug-likeness (QED) is 0.813. The molecular formula is C11H13N3O. The van der Waals surface area contributed by atoms with Crippen molar-refractivity contribution in [2.45, 2.75) is 20.1 Å². The molecule has 0 fully saturated rings. The highest BCUT2D eigenvalue weighted by Gasteiger charge is 2.01. The number of nitrogens with zero attached hydrogens (tertiary/aromatic N) is 3. The molecule has 0 atom stereocenters. The Morgan fingerprint density at radius 1 is 1.33 bits per heavy atom. The van der Waals surface area contributed by atoms with Gasteiger partial charge in [-0.3, -0.25) is 0 Å². The van der Waals surface area contributed by atoms with Crippen molar-refractivity contribution < 1.29 is 5.11 Å². The van der Waals surface area contributed by atoms with Gasteiger partial charge in [0.15, 0.2) is 0 Å². The first kappa shape index (κ1) is 9.86. The Kier molecular flexibility index (Phi) is 2.78. The van der Waals surface area contributed by atoms with Crippen molar-refractivity contribution in [2.75, 3.05) is 0 Å². The van der Waals surface area contributed by atoms with E-state index in [0.29, 0.717) is 12.2 Å². The Hall–Kier alpha value is -1.68. The second-order valence-electron chi connectivity index (χ2n) is 3.49. The smallest absolute Gasteiger partial charge is 0.108 e. The van der Waals surface area contributed by atoms with Gasteiger partial charge in [0.2, 0.25) is 0 Å². The van der Waals surface area contributed by atoms with Crippen molar-refractivity contribution in [3.8, 4) is 0 Å². The second kappa shape index (κ2) is 4.23. The number of benzene rings is 1. The van der Waals surface area contributed by atoms with Gasteiger partial charge in [-0.2, -0.15) is 0 Å². The lowest BCUT2D eigenvalue weighted by Gasteiger charge is -2.04. The number of aromatic nitrogens is 3. The highest BCUT2D eigenvalue weighted by atomic mass is 16.3. The van der Waals surface area contributed by atoms with Gasteiger partial charge in [0.25, 0.3) is 0 Å². The fourth-order valence-electron chi connectivity index (χ4n) is 1.45. The fourth-order valence-corrected chi connectivity index (χ4v) is 1.45. The average molecular weight is 203 g/mol. The predicted molar refractivity (Wildman–Crippen MR) is 56.2 cm³/mol. The lowest BCUT2D eigenvalue weighted by Crippen LogP contribution is -2.01. The van der Waals surface area contributed by atoms with Crippen LogP contribution in [0.1, 0.15) is 16.8 Å². The third kappa shape index (κ3) is 2.22. The predicted octanol–water partition coefficient (Wildman–Crippen LogP) is 1.13. The molecule has 0 aliphatic carbocycles. The van der Waals surface area contributed by atoms with Crippen LogP contribution in [0, 0.1) is 6.92 Å². The van der Waals surface area contributed by atoms with E-state index in [1.165, 1.54) is 11.1 Å². The highest BCUT2D eigenvalue weighted by Crippen LogP contribution is 2.08. The summed E-state index contributed by atoms with van der Waals surface area (Å²) in [5.74, 6) is 0. The van der Waals surface area contributed by atoms with Gasteiger partial charge in [-0.15, -0.1) is 5.10 Å². The molecule has 4 heteroatoms. The van der Waals surface area contributed by atoms with Gasteiger partial charge in [-0.1, -0.05) is 29.5 Å². The van der Waals surface area contributed by atoms with Crippen LogP contribution in [-0.2, 0) is 13.2 Å². The van der Waals surface area contributed by atoms with Gasteiger partial charge < -0.3 is 5.11 Å². The molecule has 4 nitrogen and oxygen atoms in total. The first-order valence-electron chi connectivity index (χ1n) is 4.84. The van der Waals surface area contributed by atoms with Gasteiger partial charge in [0.05, 0.1) is 19.3 Å². The molecule has 15 heavy (non-hydrogen) atoms. The van der Waals surface area contributed by atoms with Crippen LogP contribution in [0.15, 0.2) is 30.5 Å². The van der Waals surface area contributed by atoms with Crippen molar-refractivity contribution in [3.05, 3.63) is 47.3 Å². The molecule has 0 unspecified atom stereocenters. The minimum Gasteiger partial charge on any atom is -0.390 e. The summed E-state index contributed by atoms with van der Waals surface area (Å²) in [5.41, 5.74) is 3.05. The Morgan fingerprint density at radius 3 is 2.80 bits per heavy atom. The van der Waals surface area contributed by atoms with Crippen LogP contribution in [0.3, 0.4) is 0 Å². The second-order valence-corrected chi connectivity index (χ2v) is 3.49. The Labute approximate surface area is 88.2 Å². The van der Waals surface area contributed by atoms with Crippen molar-refractivity contribution in [3.63, 3.8) is 0 Å². The summed E-state index contributed by atoms with van der Waals surface area (Å²) >= 11 is 0. The van der Waals surface area contributed by atoms with Gasteiger partial charge in [0, 0.05) is 0 Å². The standard InChI is InChI=1S/C11H13N3O/c1-9-4-2-3-5-10(9)6-14-7-11(8-15)12-13-14/h2-5,7,15H,6,8H2,1H3. The topological polar surface area (TPSA) is 50.9 Å². The molecule has 1 aromatic carbocycles. The molecule has 0 amide bonds. The van der Waals surface area contributed by atoms with E-state index in [9.17, 15) is 0 Å². The lowest BCUT2D eigenvalue weighted by atomic mass is 10.1. The summed E-state index contributed by atoms with van der Waals surface area (Å²) in [6.45, 7) is 2.70. The van der Waals surface area contributed by atoms with Gasteiger partial charge >= 0.3 is 0 Å². The summed E-state index contributed by atoms with van der Waals surface area (Å²) in [6.07, 6.45) is 1.76. The molecule has 0 radical (unpaired) electrons. The first-order chi connectivity index (χ1) is 7.29. The average Bonchev–Trinajstić information content (AvgIpc) is 2.69. The molecule has 0 saturated carbocycles. The van der Waals surface area contributed by atoms with Crippen molar-refractivity contribution in [2.24, 2.45) is 0 Å². The molecule has 0 aliphatic rings. The minimum atomic E-state index is -0.0617. The minimum absolute atomic E-state index is 0.0617. The van der Waals surface area contributed by atoms with Crippen molar-refractivity contribution in [1.82, 2.24) is 15.0 Å². The van der Waals surface area contributed by atoms with Crippen LogP contribution in [0.25, 0.3) is 0 Å². The summed E-state index contributed by atoms with van der Waals surface area (Å²) in [4.78, 5) is 0. The molecule has 1 heterocycles. The summed E-state index contributed by atoms with van der Waals surface area (Å²) in [5, 5.41) is 16.6. The molecule has 0 saturated heterocycles. The number of hydrogen-bond acceptors (Lipinski definition) is 3. The Balaban J connectivity index is 2.18. The molecule has 78 valence electrons. The maximum absolute atomic E-state index is 8.86. The largest absolute Gasteiger partial charge is 0.390 e. The van der Waals surface area contributed by atoms with Gasteiger partial charge in [0.1, 0.15) is 5.69 Å². The van der Waals surface area contributed by atoms with E-state index in [2.05, 4.69) is 29.4 Å². The van der Waals surface area contributed by atoms with E-state index < -0.39 is 0 Å². The van der Waals surface area contributed by atoms with E-state index in [1.54, 1.807) is 10.9 Å². The number of aliphatic hydroxyl groups is 1. The highest BCUT2D eigenvalue weighted by molar-refractivity contribution is 5.25. The zero-order valence-electron chi connectivity index (χ0n) is 8.59.